The lowest BCUT2D eigenvalue weighted by atomic mass is 9.95. The Morgan fingerprint density at radius 1 is 1.12 bits per heavy atom. The van der Waals surface area contributed by atoms with Gasteiger partial charge in [0.1, 0.15) is 0 Å². The number of halogens is 1. The quantitative estimate of drug-likeness (QED) is 0.834. The molecule has 0 N–H and O–H groups in total. The van der Waals surface area contributed by atoms with E-state index in [9.17, 15) is 0 Å². The molecule has 2 atom stereocenters. The summed E-state index contributed by atoms with van der Waals surface area (Å²) in [5.41, 5.74) is 1.18. The molecule has 24 heavy (non-hydrogen) atoms. The van der Waals surface area contributed by atoms with Gasteiger partial charge in [0, 0.05) is 51.2 Å². The molecule has 0 unspecified atom stereocenters. The van der Waals surface area contributed by atoms with E-state index in [4.69, 9.17) is 11.6 Å². The summed E-state index contributed by atoms with van der Waals surface area (Å²) in [4.78, 5) is 9.74. The lowest BCUT2D eigenvalue weighted by Crippen LogP contribution is -2.45. The van der Waals surface area contributed by atoms with Gasteiger partial charge >= 0.3 is 0 Å². The van der Waals surface area contributed by atoms with Gasteiger partial charge in [-0.3, -0.25) is 19.5 Å². The smallest absolute Gasteiger partial charge is 0.0785 e. The molecule has 5 nitrogen and oxygen atoms in total. The molecule has 0 aromatic carbocycles. The number of rotatable bonds is 5. The SMILES string of the molecule is Clc1cnn(CCN2C[C@H]3CC[C@@H]2CN(Cc2ccccn2)C3)c1. The molecule has 6 heteroatoms. The highest BCUT2D eigenvalue weighted by molar-refractivity contribution is 6.30. The molecule has 3 fully saturated rings. The van der Waals surface area contributed by atoms with Crippen molar-refractivity contribution in [1.29, 1.82) is 0 Å². The first-order chi connectivity index (χ1) is 11.8. The van der Waals surface area contributed by atoms with Crippen LogP contribution in [0.15, 0.2) is 36.8 Å². The maximum Gasteiger partial charge on any atom is 0.0785 e. The molecule has 3 saturated heterocycles. The molecular formula is C18H24ClN5. The van der Waals surface area contributed by atoms with E-state index in [-0.39, 0.29) is 0 Å². The van der Waals surface area contributed by atoms with Crippen LogP contribution in [0, 0.1) is 5.92 Å². The van der Waals surface area contributed by atoms with Gasteiger partial charge < -0.3 is 0 Å². The monoisotopic (exact) mass is 345 g/mol. The van der Waals surface area contributed by atoms with Gasteiger partial charge in [-0.1, -0.05) is 17.7 Å². The van der Waals surface area contributed by atoms with E-state index >= 15 is 0 Å². The normalized spacial score (nSPS) is 25.0. The molecule has 0 amide bonds. The molecule has 0 aliphatic carbocycles. The molecule has 0 spiro atoms. The average molecular weight is 346 g/mol. The Morgan fingerprint density at radius 3 is 2.88 bits per heavy atom. The van der Waals surface area contributed by atoms with Crippen LogP contribution in [0.1, 0.15) is 18.5 Å². The van der Waals surface area contributed by atoms with Crippen molar-refractivity contribution >= 4 is 11.6 Å². The van der Waals surface area contributed by atoms with E-state index < -0.39 is 0 Å². The molecule has 0 saturated carbocycles. The second kappa shape index (κ2) is 7.21. The highest BCUT2D eigenvalue weighted by Crippen LogP contribution is 2.28. The minimum absolute atomic E-state index is 0.651. The fraction of sp³-hybridized carbons (Fsp3) is 0.556. The van der Waals surface area contributed by atoms with Crippen LogP contribution in [0.3, 0.4) is 0 Å². The van der Waals surface area contributed by atoms with E-state index in [1.54, 1.807) is 6.20 Å². The fourth-order valence-electron chi connectivity index (χ4n) is 4.09. The Kier molecular flexibility index (Phi) is 4.83. The number of fused-ring (bicyclic) bond motifs is 4. The second-order valence-corrected chi connectivity index (χ2v) is 7.47. The van der Waals surface area contributed by atoms with Crippen LogP contribution in [0.4, 0.5) is 0 Å². The Morgan fingerprint density at radius 2 is 2.08 bits per heavy atom. The maximum absolute atomic E-state index is 5.96. The van der Waals surface area contributed by atoms with Gasteiger partial charge in [-0.15, -0.1) is 0 Å². The average Bonchev–Trinajstić information content (AvgIpc) is 2.82. The molecule has 128 valence electrons. The molecule has 3 aliphatic rings. The van der Waals surface area contributed by atoms with E-state index in [0.29, 0.717) is 11.1 Å². The summed E-state index contributed by atoms with van der Waals surface area (Å²) in [6, 6.07) is 6.85. The minimum Gasteiger partial charge on any atom is -0.297 e. The van der Waals surface area contributed by atoms with Gasteiger partial charge in [-0.25, -0.2) is 0 Å². The first kappa shape index (κ1) is 16.1. The van der Waals surface area contributed by atoms with Crippen LogP contribution in [-0.4, -0.2) is 56.8 Å². The van der Waals surface area contributed by atoms with Crippen molar-refractivity contribution < 1.29 is 0 Å². The van der Waals surface area contributed by atoms with E-state index in [1.165, 1.54) is 31.6 Å². The predicted octanol–water partition coefficient (Wildman–Crippen LogP) is 2.53. The zero-order valence-electron chi connectivity index (χ0n) is 13.9. The maximum atomic E-state index is 5.96. The van der Waals surface area contributed by atoms with E-state index in [0.717, 1.165) is 32.1 Å². The van der Waals surface area contributed by atoms with Crippen molar-refractivity contribution in [2.24, 2.45) is 5.92 Å². The summed E-state index contributed by atoms with van der Waals surface area (Å²) in [7, 11) is 0. The van der Waals surface area contributed by atoms with Crippen molar-refractivity contribution in [2.75, 3.05) is 26.2 Å². The Labute approximate surface area is 148 Å². The topological polar surface area (TPSA) is 37.2 Å². The first-order valence-corrected chi connectivity index (χ1v) is 9.18. The Hall–Kier alpha value is -1.43. The Bertz CT molecular complexity index is 658. The molecule has 5 rings (SSSR count). The zero-order valence-corrected chi connectivity index (χ0v) is 14.6. The highest BCUT2D eigenvalue weighted by atomic mass is 35.5. The fourth-order valence-corrected chi connectivity index (χ4v) is 4.25. The largest absolute Gasteiger partial charge is 0.297 e. The third kappa shape index (κ3) is 3.79. The van der Waals surface area contributed by atoms with Crippen LogP contribution in [0.25, 0.3) is 0 Å². The molecule has 2 aromatic rings. The van der Waals surface area contributed by atoms with Crippen molar-refractivity contribution in [3.05, 3.63) is 47.5 Å². The zero-order chi connectivity index (χ0) is 16.4. The third-order valence-electron chi connectivity index (χ3n) is 5.23. The third-order valence-corrected chi connectivity index (χ3v) is 5.43. The number of hydrogen-bond donors (Lipinski definition) is 0. The van der Waals surface area contributed by atoms with Crippen molar-refractivity contribution in [1.82, 2.24) is 24.6 Å². The van der Waals surface area contributed by atoms with Crippen LogP contribution in [-0.2, 0) is 13.1 Å². The van der Waals surface area contributed by atoms with Crippen LogP contribution in [0.5, 0.6) is 0 Å². The van der Waals surface area contributed by atoms with Gasteiger partial charge in [-0.05, 0) is 30.9 Å². The highest BCUT2D eigenvalue weighted by Gasteiger charge is 2.34. The van der Waals surface area contributed by atoms with E-state index in [2.05, 4.69) is 32.0 Å². The second-order valence-electron chi connectivity index (χ2n) is 7.03. The molecule has 2 aromatic heterocycles. The number of aromatic nitrogens is 3. The van der Waals surface area contributed by atoms with Crippen molar-refractivity contribution in [3.63, 3.8) is 0 Å². The van der Waals surface area contributed by atoms with E-state index in [1.807, 2.05) is 23.1 Å². The van der Waals surface area contributed by atoms with Gasteiger partial charge in [0.15, 0.2) is 0 Å². The molecule has 3 aliphatic heterocycles. The lowest BCUT2D eigenvalue weighted by Gasteiger charge is -2.36. The molecule has 5 heterocycles. The van der Waals surface area contributed by atoms with Crippen LogP contribution < -0.4 is 0 Å². The summed E-state index contributed by atoms with van der Waals surface area (Å²) in [6.45, 7) is 6.48. The van der Waals surface area contributed by atoms with Crippen LogP contribution in [0.2, 0.25) is 5.02 Å². The molecular weight excluding hydrogens is 322 g/mol. The minimum atomic E-state index is 0.651. The summed E-state index contributed by atoms with van der Waals surface area (Å²) in [5, 5.41) is 5.01. The number of hydrogen-bond acceptors (Lipinski definition) is 4. The van der Waals surface area contributed by atoms with Gasteiger partial charge in [0.2, 0.25) is 0 Å². The number of pyridine rings is 1. The predicted molar refractivity (Wildman–Crippen MR) is 94.8 cm³/mol. The number of piperidine rings is 1. The van der Waals surface area contributed by atoms with Crippen molar-refractivity contribution in [2.45, 2.75) is 32.0 Å². The van der Waals surface area contributed by atoms with Crippen LogP contribution >= 0.6 is 11.6 Å². The molecule has 2 bridgehead atoms. The summed E-state index contributed by atoms with van der Waals surface area (Å²) in [5.74, 6) is 0.772. The molecule has 0 radical (unpaired) electrons. The lowest BCUT2D eigenvalue weighted by molar-refractivity contribution is 0.124. The summed E-state index contributed by atoms with van der Waals surface area (Å²) < 4.78 is 1.95. The summed E-state index contributed by atoms with van der Waals surface area (Å²) >= 11 is 5.96. The van der Waals surface area contributed by atoms with Crippen molar-refractivity contribution in [3.8, 4) is 0 Å². The van der Waals surface area contributed by atoms with Gasteiger partial charge in [-0.2, -0.15) is 5.10 Å². The summed E-state index contributed by atoms with van der Waals surface area (Å²) in [6.07, 6.45) is 8.18. The number of nitrogens with zero attached hydrogens (tertiary/aromatic N) is 5. The van der Waals surface area contributed by atoms with Gasteiger partial charge in [0.25, 0.3) is 0 Å². The Balaban J connectivity index is 1.37. The standard InChI is InChI=1S/C18H24ClN5/c19-16-9-21-24(12-16)8-7-23-11-15-4-5-18(23)14-22(10-15)13-17-3-1-2-6-20-17/h1-3,6,9,12,15,18H,4-5,7-8,10-11,13-14H2/t15-,18+/m0/s1. The van der Waals surface area contributed by atoms with Gasteiger partial charge in [0.05, 0.1) is 23.5 Å². The first-order valence-electron chi connectivity index (χ1n) is 8.80.